The van der Waals surface area contributed by atoms with Crippen LogP contribution in [0.5, 0.6) is 0 Å². The Kier molecular flexibility index (Phi) is 2.33. The minimum atomic E-state index is 0.279. The first-order chi connectivity index (χ1) is 8.75. The van der Waals surface area contributed by atoms with Crippen molar-refractivity contribution >= 4 is 5.88 Å². The van der Waals surface area contributed by atoms with Crippen molar-refractivity contribution in [2.45, 2.75) is 0 Å². The molecule has 0 atom stereocenters. The van der Waals surface area contributed by atoms with Crippen molar-refractivity contribution in [3.8, 4) is 22.4 Å². The number of aryl methyl sites for hydroxylation is 1. The van der Waals surface area contributed by atoms with Crippen LogP contribution in [-0.2, 0) is 7.05 Å². The second kappa shape index (κ2) is 3.99. The van der Waals surface area contributed by atoms with E-state index in [0.29, 0.717) is 5.69 Å². The van der Waals surface area contributed by atoms with Crippen LogP contribution in [0.4, 0.5) is 5.88 Å². The van der Waals surface area contributed by atoms with Gasteiger partial charge in [-0.3, -0.25) is 9.67 Å². The lowest BCUT2D eigenvalue weighted by Crippen LogP contribution is -1.88. The first-order valence-electron chi connectivity index (χ1n) is 5.40. The van der Waals surface area contributed by atoms with E-state index in [9.17, 15) is 0 Å². The van der Waals surface area contributed by atoms with Gasteiger partial charge in [-0.25, -0.2) is 0 Å². The highest BCUT2D eigenvalue weighted by Crippen LogP contribution is 2.35. The van der Waals surface area contributed by atoms with Gasteiger partial charge in [-0.15, -0.1) is 0 Å². The minimum Gasteiger partial charge on any atom is -0.367 e. The number of hydrogen-bond donors (Lipinski definition) is 1. The SMILES string of the molecule is Cn1cc(-c2noc(N)c2-c2cccnc2)cn1. The smallest absolute Gasteiger partial charge is 0.230 e. The highest BCUT2D eigenvalue weighted by atomic mass is 16.5. The molecule has 0 saturated heterocycles. The largest absolute Gasteiger partial charge is 0.367 e. The van der Waals surface area contributed by atoms with Crippen LogP contribution < -0.4 is 5.73 Å². The summed E-state index contributed by atoms with van der Waals surface area (Å²) in [5.41, 5.74) is 8.98. The third-order valence-corrected chi connectivity index (χ3v) is 2.65. The summed E-state index contributed by atoms with van der Waals surface area (Å²) in [7, 11) is 1.84. The standard InChI is InChI=1S/C12H11N5O/c1-17-7-9(6-15-17)11-10(12(13)18-16-11)8-3-2-4-14-5-8/h2-7H,13H2,1H3. The Balaban J connectivity index is 2.18. The van der Waals surface area contributed by atoms with Crippen molar-refractivity contribution in [3.63, 3.8) is 0 Å². The number of aromatic nitrogens is 4. The Hall–Kier alpha value is -2.63. The predicted octanol–water partition coefficient (Wildman–Crippen LogP) is 1.72. The molecule has 2 N–H and O–H groups in total. The molecule has 0 fully saturated rings. The molecule has 0 amide bonds. The maximum atomic E-state index is 5.83. The van der Waals surface area contributed by atoms with Crippen LogP contribution >= 0.6 is 0 Å². The fraction of sp³-hybridized carbons (Fsp3) is 0.0833. The molecule has 6 nitrogen and oxygen atoms in total. The van der Waals surface area contributed by atoms with Gasteiger partial charge in [0.05, 0.1) is 11.8 Å². The third kappa shape index (κ3) is 1.64. The molecule has 3 heterocycles. The third-order valence-electron chi connectivity index (χ3n) is 2.65. The van der Waals surface area contributed by atoms with E-state index >= 15 is 0 Å². The van der Waals surface area contributed by atoms with Crippen LogP contribution in [0.1, 0.15) is 0 Å². The van der Waals surface area contributed by atoms with Gasteiger partial charge >= 0.3 is 0 Å². The summed E-state index contributed by atoms with van der Waals surface area (Å²) in [5, 5.41) is 8.11. The number of anilines is 1. The molecule has 3 aromatic rings. The maximum Gasteiger partial charge on any atom is 0.230 e. The lowest BCUT2D eigenvalue weighted by molar-refractivity contribution is 0.439. The average Bonchev–Trinajstić information content (AvgIpc) is 2.96. The molecule has 3 rings (SSSR count). The molecule has 0 aliphatic rings. The van der Waals surface area contributed by atoms with Crippen molar-refractivity contribution in [2.24, 2.45) is 7.05 Å². The maximum absolute atomic E-state index is 5.83. The van der Waals surface area contributed by atoms with E-state index in [-0.39, 0.29) is 5.88 Å². The summed E-state index contributed by atoms with van der Waals surface area (Å²) in [6.07, 6.45) is 7.01. The number of rotatable bonds is 2. The highest BCUT2D eigenvalue weighted by molar-refractivity contribution is 5.86. The monoisotopic (exact) mass is 241 g/mol. The number of nitrogen functional groups attached to an aromatic ring is 1. The normalized spacial score (nSPS) is 10.7. The zero-order valence-electron chi connectivity index (χ0n) is 9.74. The molecular formula is C12H11N5O. The summed E-state index contributed by atoms with van der Waals surface area (Å²) in [6.45, 7) is 0. The summed E-state index contributed by atoms with van der Waals surface area (Å²) in [4.78, 5) is 4.08. The van der Waals surface area contributed by atoms with Crippen molar-refractivity contribution in [1.29, 1.82) is 0 Å². The van der Waals surface area contributed by atoms with Gasteiger partial charge in [0.15, 0.2) is 0 Å². The van der Waals surface area contributed by atoms with Gasteiger partial charge in [-0.2, -0.15) is 5.10 Å². The summed E-state index contributed by atoms with van der Waals surface area (Å²) >= 11 is 0. The number of nitrogens with zero attached hydrogens (tertiary/aromatic N) is 4. The number of hydrogen-bond acceptors (Lipinski definition) is 5. The molecule has 0 aliphatic carbocycles. The molecule has 0 bridgehead atoms. The zero-order chi connectivity index (χ0) is 12.5. The van der Waals surface area contributed by atoms with Crippen molar-refractivity contribution in [2.75, 3.05) is 5.73 Å². The van der Waals surface area contributed by atoms with E-state index in [1.807, 2.05) is 25.4 Å². The van der Waals surface area contributed by atoms with Gasteiger partial charge in [0, 0.05) is 36.8 Å². The van der Waals surface area contributed by atoms with E-state index < -0.39 is 0 Å². The molecule has 0 aromatic carbocycles. The molecule has 0 unspecified atom stereocenters. The fourth-order valence-electron chi connectivity index (χ4n) is 1.83. The number of nitrogens with two attached hydrogens (primary N) is 1. The van der Waals surface area contributed by atoms with Crippen LogP contribution in [0.25, 0.3) is 22.4 Å². The van der Waals surface area contributed by atoms with Gasteiger partial charge in [-0.1, -0.05) is 11.2 Å². The van der Waals surface area contributed by atoms with Gasteiger partial charge in [0.25, 0.3) is 0 Å². The van der Waals surface area contributed by atoms with Crippen LogP contribution in [0.2, 0.25) is 0 Å². The zero-order valence-corrected chi connectivity index (χ0v) is 9.74. The second-order valence-corrected chi connectivity index (χ2v) is 3.91. The van der Waals surface area contributed by atoms with Crippen LogP contribution in [-0.4, -0.2) is 19.9 Å². The Morgan fingerprint density at radius 1 is 1.28 bits per heavy atom. The fourth-order valence-corrected chi connectivity index (χ4v) is 1.83. The molecule has 0 spiro atoms. The van der Waals surface area contributed by atoms with E-state index in [1.54, 1.807) is 23.3 Å². The molecule has 0 saturated carbocycles. The van der Waals surface area contributed by atoms with Gasteiger partial charge in [0.2, 0.25) is 5.88 Å². The lowest BCUT2D eigenvalue weighted by atomic mass is 10.0. The lowest BCUT2D eigenvalue weighted by Gasteiger charge is -1.99. The van der Waals surface area contributed by atoms with Gasteiger partial charge in [0.1, 0.15) is 5.69 Å². The summed E-state index contributed by atoms with van der Waals surface area (Å²) < 4.78 is 6.78. The first-order valence-corrected chi connectivity index (χ1v) is 5.40. The molecular weight excluding hydrogens is 230 g/mol. The highest BCUT2D eigenvalue weighted by Gasteiger charge is 2.18. The Morgan fingerprint density at radius 3 is 2.83 bits per heavy atom. The molecule has 18 heavy (non-hydrogen) atoms. The quantitative estimate of drug-likeness (QED) is 0.738. The van der Waals surface area contributed by atoms with E-state index in [2.05, 4.69) is 15.2 Å². The molecule has 0 aliphatic heterocycles. The molecule has 3 aromatic heterocycles. The first kappa shape index (κ1) is 10.5. The van der Waals surface area contributed by atoms with Crippen molar-refractivity contribution in [1.82, 2.24) is 19.9 Å². The van der Waals surface area contributed by atoms with Gasteiger partial charge in [-0.05, 0) is 6.07 Å². The van der Waals surface area contributed by atoms with E-state index in [4.69, 9.17) is 10.3 Å². The van der Waals surface area contributed by atoms with Crippen LogP contribution in [0, 0.1) is 0 Å². The predicted molar refractivity (Wildman–Crippen MR) is 66.3 cm³/mol. The van der Waals surface area contributed by atoms with Crippen molar-refractivity contribution in [3.05, 3.63) is 36.9 Å². The minimum absolute atomic E-state index is 0.279. The Morgan fingerprint density at radius 2 is 2.17 bits per heavy atom. The molecule has 6 heteroatoms. The summed E-state index contributed by atoms with van der Waals surface area (Å²) in [5.74, 6) is 0.279. The Bertz CT molecular complexity index is 671. The topological polar surface area (TPSA) is 82.8 Å². The van der Waals surface area contributed by atoms with Gasteiger partial charge < -0.3 is 10.3 Å². The van der Waals surface area contributed by atoms with E-state index in [1.165, 1.54) is 0 Å². The van der Waals surface area contributed by atoms with Crippen LogP contribution in [0.3, 0.4) is 0 Å². The average molecular weight is 241 g/mol. The molecule has 0 radical (unpaired) electrons. The van der Waals surface area contributed by atoms with Crippen molar-refractivity contribution < 1.29 is 4.52 Å². The number of pyridine rings is 1. The summed E-state index contributed by atoms with van der Waals surface area (Å²) in [6, 6.07) is 3.75. The second-order valence-electron chi connectivity index (χ2n) is 3.91. The Labute approximate surface area is 103 Å². The molecule has 90 valence electrons. The van der Waals surface area contributed by atoms with Crippen LogP contribution in [0.15, 0.2) is 41.4 Å². The van der Waals surface area contributed by atoms with E-state index in [0.717, 1.165) is 16.7 Å².